The third kappa shape index (κ3) is 3.28. The molecule has 0 atom stereocenters. The molecule has 0 radical (unpaired) electrons. The normalized spacial score (nSPS) is 22.0. The Balaban J connectivity index is 2.50. The van der Waals surface area contributed by atoms with E-state index in [-0.39, 0.29) is 0 Å². The standard InChI is InChI=1S/C11H23NSi/c1-4-13(2,3)12-10-8-6-5-7-9-11-12/h4H,1,5-11H2,2-3H3. The lowest BCUT2D eigenvalue weighted by molar-refractivity contribution is 0.367. The van der Waals surface area contributed by atoms with Gasteiger partial charge in [-0.25, -0.2) is 0 Å². The van der Waals surface area contributed by atoms with E-state index >= 15 is 0 Å². The van der Waals surface area contributed by atoms with E-state index in [1.807, 2.05) is 0 Å². The van der Waals surface area contributed by atoms with Crippen molar-refractivity contribution < 1.29 is 0 Å². The maximum atomic E-state index is 3.98. The van der Waals surface area contributed by atoms with E-state index in [4.69, 9.17) is 0 Å². The number of hydrogen-bond donors (Lipinski definition) is 0. The molecule has 1 saturated heterocycles. The van der Waals surface area contributed by atoms with E-state index in [0.29, 0.717) is 0 Å². The minimum absolute atomic E-state index is 1.23. The van der Waals surface area contributed by atoms with Gasteiger partial charge in [-0.3, -0.25) is 0 Å². The molecule has 0 saturated carbocycles. The van der Waals surface area contributed by atoms with Crippen LogP contribution in [0.1, 0.15) is 32.1 Å². The molecule has 1 aliphatic rings. The third-order valence-corrected chi connectivity index (χ3v) is 6.25. The van der Waals surface area contributed by atoms with Crippen molar-refractivity contribution in [2.24, 2.45) is 0 Å². The van der Waals surface area contributed by atoms with Crippen molar-refractivity contribution in [1.29, 1.82) is 0 Å². The van der Waals surface area contributed by atoms with E-state index in [1.165, 1.54) is 45.2 Å². The Morgan fingerprint density at radius 2 is 1.46 bits per heavy atom. The average Bonchev–Trinajstić information content (AvgIpc) is 2.03. The highest BCUT2D eigenvalue weighted by atomic mass is 28.3. The van der Waals surface area contributed by atoms with Crippen molar-refractivity contribution in [3.63, 3.8) is 0 Å². The van der Waals surface area contributed by atoms with Gasteiger partial charge in [0.25, 0.3) is 0 Å². The predicted octanol–water partition coefficient (Wildman–Crippen LogP) is 3.18. The minimum Gasteiger partial charge on any atom is -0.321 e. The van der Waals surface area contributed by atoms with Crippen LogP contribution in [0, 0.1) is 0 Å². The molecule has 2 heteroatoms. The second kappa shape index (κ2) is 4.96. The van der Waals surface area contributed by atoms with Crippen molar-refractivity contribution in [1.82, 2.24) is 4.57 Å². The van der Waals surface area contributed by atoms with Crippen LogP contribution in [0.2, 0.25) is 13.1 Å². The highest BCUT2D eigenvalue weighted by Gasteiger charge is 2.25. The van der Waals surface area contributed by atoms with Crippen molar-refractivity contribution in [2.45, 2.75) is 45.2 Å². The smallest absolute Gasteiger partial charge is 0.146 e. The monoisotopic (exact) mass is 197 g/mol. The molecule has 1 nitrogen and oxygen atoms in total. The van der Waals surface area contributed by atoms with Gasteiger partial charge >= 0.3 is 0 Å². The van der Waals surface area contributed by atoms with Crippen molar-refractivity contribution >= 4 is 8.24 Å². The zero-order chi connectivity index (χ0) is 9.73. The van der Waals surface area contributed by atoms with Crippen molar-refractivity contribution in [3.8, 4) is 0 Å². The lowest BCUT2D eigenvalue weighted by atomic mass is 10.1. The average molecular weight is 197 g/mol. The molecule has 1 rings (SSSR count). The third-order valence-electron chi connectivity index (χ3n) is 3.17. The summed E-state index contributed by atoms with van der Waals surface area (Å²) in [4.78, 5) is 0. The molecule has 0 spiro atoms. The summed E-state index contributed by atoms with van der Waals surface area (Å²) >= 11 is 0. The molecule has 1 aliphatic heterocycles. The molecule has 76 valence electrons. The van der Waals surface area contributed by atoms with Gasteiger partial charge in [0, 0.05) is 0 Å². The molecule has 0 aromatic heterocycles. The van der Waals surface area contributed by atoms with Gasteiger partial charge in [-0.05, 0) is 25.9 Å². The molecule has 1 heterocycles. The molecule has 0 amide bonds. The van der Waals surface area contributed by atoms with E-state index < -0.39 is 8.24 Å². The van der Waals surface area contributed by atoms with Crippen LogP contribution in [0.15, 0.2) is 12.3 Å². The molecule has 0 N–H and O–H groups in total. The largest absolute Gasteiger partial charge is 0.321 e. The van der Waals surface area contributed by atoms with Gasteiger partial charge in [0.2, 0.25) is 0 Å². The minimum atomic E-state index is -1.23. The summed E-state index contributed by atoms with van der Waals surface area (Å²) in [7, 11) is -1.23. The lowest BCUT2D eigenvalue weighted by Gasteiger charge is -2.35. The molecule has 0 bridgehead atoms. The summed E-state index contributed by atoms with van der Waals surface area (Å²) in [5, 5.41) is 0. The SMILES string of the molecule is C=C[Si](C)(C)N1CCCCCCC1. The number of nitrogens with zero attached hydrogens (tertiary/aromatic N) is 1. The predicted molar refractivity (Wildman–Crippen MR) is 62.3 cm³/mol. The second-order valence-electron chi connectivity index (χ2n) is 4.61. The maximum absolute atomic E-state index is 3.98. The Morgan fingerprint density at radius 1 is 1.00 bits per heavy atom. The van der Waals surface area contributed by atoms with Crippen LogP contribution in [0.3, 0.4) is 0 Å². The fourth-order valence-corrected chi connectivity index (χ4v) is 3.68. The molecular weight excluding hydrogens is 174 g/mol. The van der Waals surface area contributed by atoms with Crippen molar-refractivity contribution in [2.75, 3.05) is 13.1 Å². The first-order valence-corrected chi connectivity index (χ1v) is 8.58. The van der Waals surface area contributed by atoms with Crippen LogP contribution < -0.4 is 0 Å². The fourth-order valence-electron chi connectivity index (χ4n) is 1.95. The van der Waals surface area contributed by atoms with Gasteiger partial charge in [0.1, 0.15) is 8.24 Å². The van der Waals surface area contributed by atoms with E-state index in [1.54, 1.807) is 0 Å². The van der Waals surface area contributed by atoms with Gasteiger partial charge in [0.15, 0.2) is 0 Å². The van der Waals surface area contributed by atoms with Gasteiger partial charge in [-0.1, -0.05) is 38.1 Å². The first kappa shape index (κ1) is 11.0. The topological polar surface area (TPSA) is 3.24 Å². The van der Waals surface area contributed by atoms with Gasteiger partial charge < -0.3 is 4.57 Å². The highest BCUT2D eigenvalue weighted by molar-refractivity contribution is 6.79. The Bertz CT molecular complexity index is 157. The summed E-state index contributed by atoms with van der Waals surface area (Å²) in [5.41, 5.74) is 2.22. The molecule has 0 aromatic carbocycles. The zero-order valence-corrected chi connectivity index (χ0v) is 10.2. The Morgan fingerprint density at radius 3 is 1.92 bits per heavy atom. The van der Waals surface area contributed by atoms with Gasteiger partial charge in [-0.2, -0.15) is 0 Å². The summed E-state index contributed by atoms with van der Waals surface area (Å²) in [6, 6.07) is 0. The first-order valence-electron chi connectivity index (χ1n) is 5.55. The summed E-state index contributed by atoms with van der Waals surface area (Å²) in [5.74, 6) is 0. The van der Waals surface area contributed by atoms with Crippen LogP contribution in [0.25, 0.3) is 0 Å². The molecule has 0 aromatic rings. The van der Waals surface area contributed by atoms with Gasteiger partial charge in [-0.15, -0.1) is 6.58 Å². The fraction of sp³-hybridized carbons (Fsp3) is 0.818. The second-order valence-corrected chi connectivity index (χ2v) is 8.96. The van der Waals surface area contributed by atoms with E-state index in [9.17, 15) is 0 Å². The molecular formula is C11H23NSi. The van der Waals surface area contributed by atoms with Crippen LogP contribution in [0.5, 0.6) is 0 Å². The lowest BCUT2D eigenvalue weighted by Crippen LogP contribution is -2.48. The molecule has 1 fully saturated rings. The summed E-state index contributed by atoms with van der Waals surface area (Å²) in [6.07, 6.45) is 7.09. The van der Waals surface area contributed by atoms with Crippen molar-refractivity contribution in [3.05, 3.63) is 12.3 Å². The maximum Gasteiger partial charge on any atom is 0.146 e. The van der Waals surface area contributed by atoms with E-state index in [0.717, 1.165) is 0 Å². The quantitative estimate of drug-likeness (QED) is 0.615. The van der Waals surface area contributed by atoms with Crippen LogP contribution in [-0.2, 0) is 0 Å². The van der Waals surface area contributed by atoms with Gasteiger partial charge in [0.05, 0.1) is 0 Å². The summed E-state index contributed by atoms with van der Waals surface area (Å²) < 4.78 is 2.71. The molecule has 0 unspecified atom stereocenters. The molecule has 13 heavy (non-hydrogen) atoms. The number of rotatable bonds is 2. The van der Waals surface area contributed by atoms with Crippen LogP contribution in [-0.4, -0.2) is 25.9 Å². The Kier molecular flexibility index (Phi) is 4.20. The Labute approximate surface area is 83.9 Å². The molecule has 0 aliphatic carbocycles. The highest BCUT2D eigenvalue weighted by Crippen LogP contribution is 2.17. The Hall–Kier alpha value is -0.0831. The van der Waals surface area contributed by atoms with Crippen LogP contribution in [0.4, 0.5) is 0 Å². The van der Waals surface area contributed by atoms with Crippen LogP contribution >= 0.6 is 0 Å². The zero-order valence-electron chi connectivity index (χ0n) is 9.18. The summed E-state index contributed by atoms with van der Waals surface area (Å²) in [6.45, 7) is 11.4. The number of hydrogen-bond acceptors (Lipinski definition) is 1. The van der Waals surface area contributed by atoms with E-state index in [2.05, 4.69) is 29.9 Å². The first-order chi connectivity index (χ1) is 6.17.